The molecule has 1 saturated heterocycles. The first-order valence-corrected chi connectivity index (χ1v) is 18.1. The van der Waals surface area contributed by atoms with Crippen LogP contribution in [-0.4, -0.2) is 66.9 Å². The van der Waals surface area contributed by atoms with E-state index in [1.807, 2.05) is 19.1 Å². The molecular formula is C39H56O7. The van der Waals surface area contributed by atoms with Crippen molar-refractivity contribution in [3.63, 3.8) is 0 Å². The molecule has 1 aromatic rings. The van der Waals surface area contributed by atoms with Gasteiger partial charge in [0.2, 0.25) is 0 Å². The molecule has 0 amide bonds. The summed E-state index contributed by atoms with van der Waals surface area (Å²) < 4.78 is 6.26. The summed E-state index contributed by atoms with van der Waals surface area (Å²) in [4.78, 5) is 14.2. The van der Waals surface area contributed by atoms with Gasteiger partial charge in [-0.1, -0.05) is 52.7 Å². The third-order valence-electron chi connectivity index (χ3n) is 15.2. The Morgan fingerprint density at radius 3 is 2.43 bits per heavy atom. The van der Waals surface area contributed by atoms with E-state index in [2.05, 4.69) is 27.7 Å². The molecule has 5 fully saturated rings. The number of aryl methyl sites for hydroxylation is 1. The molecule has 7 nitrogen and oxygen atoms in total. The van der Waals surface area contributed by atoms with Gasteiger partial charge in [0, 0.05) is 16.7 Å². The summed E-state index contributed by atoms with van der Waals surface area (Å²) >= 11 is 0. The van der Waals surface area contributed by atoms with Gasteiger partial charge >= 0.3 is 0 Å². The lowest BCUT2D eigenvalue weighted by Crippen LogP contribution is -2.68. The van der Waals surface area contributed by atoms with Gasteiger partial charge in [-0.15, -0.1) is 0 Å². The normalized spacial score (nSPS) is 44.7. The Kier molecular flexibility index (Phi) is 7.74. The molecule has 0 radical (unpaired) electrons. The molecule has 5 N–H and O–H groups in total. The summed E-state index contributed by atoms with van der Waals surface area (Å²) in [6.45, 7) is 10.7. The van der Waals surface area contributed by atoms with Crippen LogP contribution < -0.4 is 0 Å². The van der Waals surface area contributed by atoms with Gasteiger partial charge in [0.15, 0.2) is 5.78 Å². The maximum Gasteiger partial charge on any atom is 0.159 e. The van der Waals surface area contributed by atoms with Crippen molar-refractivity contribution in [3.05, 3.63) is 41.5 Å². The smallest absolute Gasteiger partial charge is 0.159 e. The number of aliphatic hydroxyl groups is 4. The predicted octanol–water partition coefficient (Wildman–Crippen LogP) is 5.49. The number of epoxide rings is 1. The maximum absolute atomic E-state index is 14.2. The number of aliphatic hydroxyl groups excluding tert-OH is 2. The molecule has 7 rings (SSSR count). The Hall–Kier alpha value is -1.77. The van der Waals surface area contributed by atoms with Crippen molar-refractivity contribution in [1.29, 1.82) is 0 Å². The zero-order valence-electron chi connectivity index (χ0n) is 28.4. The molecule has 4 saturated carbocycles. The van der Waals surface area contributed by atoms with Gasteiger partial charge in [-0.25, -0.2) is 0 Å². The van der Waals surface area contributed by atoms with Gasteiger partial charge < -0.3 is 30.3 Å². The fraction of sp³-hybridized carbons (Fsp3) is 0.769. The molecule has 1 spiro atoms. The number of hydrogen-bond donors (Lipinski definition) is 5. The maximum atomic E-state index is 14.2. The summed E-state index contributed by atoms with van der Waals surface area (Å²) in [5.74, 6) is 0.153. The van der Waals surface area contributed by atoms with E-state index in [-0.39, 0.29) is 47.9 Å². The van der Waals surface area contributed by atoms with E-state index in [4.69, 9.17) is 4.74 Å². The molecule has 5 aliphatic carbocycles. The van der Waals surface area contributed by atoms with Crippen LogP contribution in [0.2, 0.25) is 0 Å². The zero-order valence-corrected chi connectivity index (χ0v) is 28.4. The molecule has 0 aromatic heterocycles. The number of carbonyl (C=O) groups is 1. The highest BCUT2D eigenvalue weighted by molar-refractivity contribution is 5.95. The third kappa shape index (κ3) is 4.30. The second-order valence-corrected chi connectivity index (χ2v) is 17.2. The van der Waals surface area contributed by atoms with Crippen molar-refractivity contribution in [1.82, 2.24) is 0 Å². The lowest BCUT2D eigenvalue weighted by Gasteiger charge is -2.67. The first-order valence-electron chi connectivity index (χ1n) is 18.1. The highest BCUT2D eigenvalue weighted by atomic mass is 16.6. The van der Waals surface area contributed by atoms with E-state index in [1.165, 1.54) is 0 Å². The third-order valence-corrected chi connectivity index (χ3v) is 15.2. The first kappa shape index (κ1) is 32.8. The van der Waals surface area contributed by atoms with E-state index >= 15 is 0 Å². The van der Waals surface area contributed by atoms with Crippen LogP contribution in [0.5, 0.6) is 5.75 Å². The molecule has 6 aliphatic rings. The van der Waals surface area contributed by atoms with Crippen LogP contribution in [-0.2, 0) is 16.0 Å². The molecular weight excluding hydrogens is 580 g/mol. The predicted molar refractivity (Wildman–Crippen MR) is 175 cm³/mol. The summed E-state index contributed by atoms with van der Waals surface area (Å²) in [5, 5.41) is 58.8. The lowest BCUT2D eigenvalue weighted by atomic mass is 9.38. The van der Waals surface area contributed by atoms with E-state index < -0.39 is 39.7 Å². The summed E-state index contributed by atoms with van der Waals surface area (Å²) in [7, 11) is 0. The van der Waals surface area contributed by atoms with Crippen LogP contribution in [0, 0.1) is 45.8 Å². The number of rotatable bonds is 7. The van der Waals surface area contributed by atoms with E-state index in [1.54, 1.807) is 18.2 Å². The van der Waals surface area contributed by atoms with Gasteiger partial charge in [-0.05, 0) is 123 Å². The van der Waals surface area contributed by atoms with Crippen LogP contribution >= 0.6 is 0 Å². The molecule has 12 atom stereocenters. The summed E-state index contributed by atoms with van der Waals surface area (Å²) in [6, 6.07) is 7.29. The zero-order chi connectivity index (χ0) is 33.0. The number of benzene rings is 1. The van der Waals surface area contributed by atoms with Crippen molar-refractivity contribution in [2.75, 3.05) is 0 Å². The lowest BCUT2D eigenvalue weighted by molar-refractivity contribution is -0.219. The molecule has 1 heterocycles. The standard InChI is InChI=1S/C39H56O7/c1-22(2)23(3)32-34(46-32)36(5,44)31-13-18-39(45)27-20-29(41)28-21-30(42)33(43)38(14-6-7-15-38)35(28,4)26(27)12-17-37(31,39)16-11-24-9-8-10-25(40)19-24/h8-10,19-20,22-23,26,28,30-34,40,42-45H,6-7,11-18,21H2,1-5H3/t23-,26-,28-,30-,31+,32-,33-,34-,35-,36-,37-,39+/m1/s1. The monoisotopic (exact) mass is 636 g/mol. The van der Waals surface area contributed by atoms with Crippen LogP contribution in [0.1, 0.15) is 104 Å². The van der Waals surface area contributed by atoms with Gasteiger partial charge in [-0.2, -0.15) is 0 Å². The van der Waals surface area contributed by atoms with E-state index in [0.717, 1.165) is 43.2 Å². The van der Waals surface area contributed by atoms with Crippen molar-refractivity contribution in [3.8, 4) is 5.75 Å². The Labute approximate surface area is 274 Å². The highest BCUT2D eigenvalue weighted by Crippen LogP contribution is 2.74. The van der Waals surface area contributed by atoms with Gasteiger partial charge in [0.25, 0.3) is 0 Å². The number of ether oxygens (including phenoxy) is 1. The number of phenolic OH excluding ortho intramolecular Hbond substituents is 1. The van der Waals surface area contributed by atoms with Crippen molar-refractivity contribution < 1.29 is 35.1 Å². The molecule has 7 heteroatoms. The van der Waals surface area contributed by atoms with Crippen LogP contribution in [0.4, 0.5) is 0 Å². The topological polar surface area (TPSA) is 131 Å². The van der Waals surface area contributed by atoms with E-state index in [0.29, 0.717) is 43.9 Å². The number of hydrogen-bond acceptors (Lipinski definition) is 7. The van der Waals surface area contributed by atoms with Crippen molar-refractivity contribution >= 4 is 5.78 Å². The molecule has 0 unspecified atom stereocenters. The number of fused-ring (bicyclic) bond motifs is 6. The van der Waals surface area contributed by atoms with Gasteiger partial charge in [-0.3, -0.25) is 4.79 Å². The quantitative estimate of drug-likeness (QED) is 0.250. The van der Waals surface area contributed by atoms with E-state index in [9.17, 15) is 30.3 Å². The van der Waals surface area contributed by atoms with Crippen molar-refractivity contribution in [2.24, 2.45) is 45.8 Å². The van der Waals surface area contributed by atoms with Gasteiger partial charge in [0.1, 0.15) is 11.9 Å². The first-order chi connectivity index (χ1) is 21.6. The molecule has 254 valence electrons. The van der Waals surface area contributed by atoms with Crippen molar-refractivity contribution in [2.45, 2.75) is 141 Å². The molecule has 1 aromatic carbocycles. The van der Waals surface area contributed by atoms with Crippen LogP contribution in [0.25, 0.3) is 0 Å². The summed E-state index contributed by atoms with van der Waals surface area (Å²) in [6.07, 6.45) is 7.08. The average molecular weight is 637 g/mol. The minimum Gasteiger partial charge on any atom is -0.508 e. The second kappa shape index (κ2) is 10.9. The fourth-order valence-corrected chi connectivity index (χ4v) is 12.4. The minimum absolute atomic E-state index is 0.0318. The van der Waals surface area contributed by atoms with Crippen LogP contribution in [0.3, 0.4) is 0 Å². The SMILES string of the molecule is CC(C)[C@@H](C)[C@H]1O[C@H]1[C@](C)(O)[C@@H]1CC[C@]2(O)C3=CC(=O)[C@H]4C[C@@H](O)[C@@H](O)C5(CCCC5)[C@]4(C)[C@@H]3CC[C@]12CCc1cccc(O)c1. The number of carbonyl (C=O) groups excluding carboxylic acids is 1. The number of allylic oxidation sites excluding steroid dienone is 1. The Morgan fingerprint density at radius 2 is 1.76 bits per heavy atom. The minimum atomic E-state index is -1.31. The molecule has 46 heavy (non-hydrogen) atoms. The molecule has 0 bridgehead atoms. The van der Waals surface area contributed by atoms with Gasteiger partial charge in [0.05, 0.1) is 29.5 Å². The number of phenols is 1. The highest BCUT2D eigenvalue weighted by Gasteiger charge is 2.75. The summed E-state index contributed by atoms with van der Waals surface area (Å²) in [5.41, 5.74) is -2.55. The Morgan fingerprint density at radius 1 is 1.04 bits per heavy atom. The fourth-order valence-electron chi connectivity index (χ4n) is 12.4. The average Bonchev–Trinajstić information content (AvgIpc) is 3.55. The van der Waals surface area contributed by atoms with Crippen LogP contribution in [0.15, 0.2) is 35.9 Å². The Bertz CT molecular complexity index is 1390. The number of ketones is 1. The molecule has 1 aliphatic heterocycles. The second-order valence-electron chi connectivity index (χ2n) is 17.2. The number of aromatic hydroxyl groups is 1. The largest absolute Gasteiger partial charge is 0.508 e. The Balaban J connectivity index is 1.32.